The molecule has 4 nitrogen and oxygen atoms in total. The maximum absolute atomic E-state index is 11.3. The number of carbonyl (C=O) groups is 2. The van der Waals surface area contributed by atoms with Crippen molar-refractivity contribution in [3.05, 3.63) is 0 Å². The summed E-state index contributed by atoms with van der Waals surface area (Å²) in [6, 6.07) is 0. The van der Waals surface area contributed by atoms with Gasteiger partial charge in [-0.15, -0.1) is 0 Å². The highest BCUT2D eigenvalue weighted by molar-refractivity contribution is 5.76. The smallest absolute Gasteiger partial charge is 0.344 e. The highest BCUT2D eigenvalue weighted by Crippen LogP contribution is 2.27. The molecule has 0 bridgehead atoms. The van der Waals surface area contributed by atoms with Gasteiger partial charge in [0.25, 0.3) is 0 Å². The Balaban J connectivity index is 2.10. The lowest BCUT2D eigenvalue weighted by atomic mass is 10.1. The van der Waals surface area contributed by atoms with Crippen LogP contribution in [0.25, 0.3) is 0 Å². The van der Waals surface area contributed by atoms with E-state index >= 15 is 0 Å². The Bertz CT molecular complexity index is 219. The van der Waals surface area contributed by atoms with Gasteiger partial charge in [-0.05, 0) is 25.7 Å². The third-order valence-electron chi connectivity index (χ3n) is 2.59. The number of ether oxygens (including phenoxy) is 2. The first-order valence-electron chi connectivity index (χ1n) is 5.53. The first-order valence-corrected chi connectivity index (χ1v) is 5.53. The van der Waals surface area contributed by atoms with Gasteiger partial charge < -0.3 is 9.47 Å². The third-order valence-corrected chi connectivity index (χ3v) is 2.59. The molecule has 1 fully saturated rings. The Morgan fingerprint density at radius 1 is 1.13 bits per heavy atom. The number of carbonyl (C=O) groups excluding carboxylic acids is 2. The SMILES string of the molecule is CCOC(=O)COC(=O)CC1CCCC1. The molecular formula is C11H18O4. The van der Waals surface area contributed by atoms with E-state index in [9.17, 15) is 9.59 Å². The molecule has 0 N–H and O–H groups in total. The average Bonchev–Trinajstić information content (AvgIpc) is 2.68. The lowest BCUT2D eigenvalue weighted by Crippen LogP contribution is -2.17. The first kappa shape index (κ1) is 12.0. The Morgan fingerprint density at radius 2 is 1.80 bits per heavy atom. The number of rotatable bonds is 5. The maximum Gasteiger partial charge on any atom is 0.344 e. The Morgan fingerprint density at radius 3 is 2.40 bits per heavy atom. The van der Waals surface area contributed by atoms with E-state index in [2.05, 4.69) is 4.74 Å². The minimum Gasteiger partial charge on any atom is -0.463 e. The van der Waals surface area contributed by atoms with Gasteiger partial charge in [0.05, 0.1) is 6.61 Å². The molecule has 0 heterocycles. The van der Waals surface area contributed by atoms with Crippen molar-refractivity contribution in [2.75, 3.05) is 13.2 Å². The van der Waals surface area contributed by atoms with Crippen LogP contribution in [0.4, 0.5) is 0 Å². The predicted molar refractivity (Wildman–Crippen MR) is 54.2 cm³/mol. The Kier molecular flexibility index (Phi) is 5.15. The van der Waals surface area contributed by atoms with Crippen LogP contribution in [0.5, 0.6) is 0 Å². The molecule has 15 heavy (non-hydrogen) atoms. The molecule has 1 aliphatic rings. The summed E-state index contributed by atoms with van der Waals surface area (Å²) in [6.07, 6.45) is 5.06. The van der Waals surface area contributed by atoms with Gasteiger partial charge in [0, 0.05) is 6.42 Å². The maximum atomic E-state index is 11.3. The van der Waals surface area contributed by atoms with Crippen molar-refractivity contribution in [3.8, 4) is 0 Å². The first-order chi connectivity index (χ1) is 7.22. The van der Waals surface area contributed by atoms with Crippen molar-refractivity contribution < 1.29 is 19.1 Å². The van der Waals surface area contributed by atoms with Crippen molar-refractivity contribution in [3.63, 3.8) is 0 Å². The number of hydrogen-bond acceptors (Lipinski definition) is 4. The minimum atomic E-state index is -0.475. The lowest BCUT2D eigenvalue weighted by molar-refractivity contribution is -0.159. The molecule has 0 aromatic heterocycles. The van der Waals surface area contributed by atoms with Crippen molar-refractivity contribution in [2.24, 2.45) is 5.92 Å². The summed E-state index contributed by atoms with van der Waals surface area (Å²) in [7, 11) is 0. The van der Waals surface area contributed by atoms with Gasteiger partial charge in [0.1, 0.15) is 0 Å². The molecule has 1 rings (SSSR count). The van der Waals surface area contributed by atoms with Crippen LogP contribution in [-0.2, 0) is 19.1 Å². The van der Waals surface area contributed by atoms with Crippen molar-refractivity contribution in [1.29, 1.82) is 0 Å². The van der Waals surface area contributed by atoms with Crippen LogP contribution in [0, 0.1) is 5.92 Å². The van der Waals surface area contributed by atoms with E-state index in [1.54, 1.807) is 6.92 Å². The Hall–Kier alpha value is -1.06. The predicted octanol–water partition coefficient (Wildman–Crippen LogP) is 1.67. The fourth-order valence-corrected chi connectivity index (χ4v) is 1.85. The zero-order valence-electron chi connectivity index (χ0n) is 9.16. The van der Waals surface area contributed by atoms with Crippen molar-refractivity contribution >= 4 is 11.9 Å². The van der Waals surface area contributed by atoms with Crippen LogP contribution in [-0.4, -0.2) is 25.2 Å². The molecule has 0 amide bonds. The fraction of sp³-hybridized carbons (Fsp3) is 0.818. The molecule has 86 valence electrons. The summed E-state index contributed by atoms with van der Waals surface area (Å²) in [6.45, 7) is 1.79. The van der Waals surface area contributed by atoms with Crippen molar-refractivity contribution in [2.45, 2.75) is 39.0 Å². The highest BCUT2D eigenvalue weighted by atomic mass is 16.6. The second-order valence-electron chi connectivity index (χ2n) is 3.82. The zero-order valence-corrected chi connectivity index (χ0v) is 9.16. The summed E-state index contributed by atoms with van der Waals surface area (Å²) >= 11 is 0. The van der Waals surface area contributed by atoms with E-state index in [1.165, 1.54) is 12.8 Å². The molecule has 0 spiro atoms. The molecule has 0 saturated heterocycles. The minimum absolute atomic E-state index is 0.251. The quantitative estimate of drug-likeness (QED) is 0.653. The summed E-state index contributed by atoms with van der Waals surface area (Å²) < 4.78 is 9.45. The van der Waals surface area contributed by atoms with Gasteiger partial charge in [0.15, 0.2) is 6.61 Å². The summed E-state index contributed by atoms with van der Waals surface area (Å²) in [5, 5.41) is 0. The van der Waals surface area contributed by atoms with Crippen LogP contribution in [0.3, 0.4) is 0 Å². The molecule has 0 aliphatic heterocycles. The van der Waals surface area contributed by atoms with E-state index in [4.69, 9.17) is 4.74 Å². The second kappa shape index (κ2) is 6.43. The van der Waals surface area contributed by atoms with E-state index in [0.29, 0.717) is 18.9 Å². The molecule has 0 aromatic carbocycles. The molecule has 0 atom stereocenters. The van der Waals surface area contributed by atoms with Gasteiger partial charge in [0.2, 0.25) is 0 Å². The summed E-state index contributed by atoms with van der Waals surface area (Å²) in [4.78, 5) is 22.2. The van der Waals surface area contributed by atoms with Crippen LogP contribution in [0.15, 0.2) is 0 Å². The van der Waals surface area contributed by atoms with Crippen LogP contribution in [0.2, 0.25) is 0 Å². The topological polar surface area (TPSA) is 52.6 Å². The zero-order chi connectivity index (χ0) is 11.1. The fourth-order valence-electron chi connectivity index (χ4n) is 1.85. The third kappa shape index (κ3) is 4.81. The monoisotopic (exact) mass is 214 g/mol. The highest BCUT2D eigenvalue weighted by Gasteiger charge is 2.19. The van der Waals surface area contributed by atoms with E-state index < -0.39 is 5.97 Å². The summed E-state index contributed by atoms with van der Waals surface area (Å²) in [5.41, 5.74) is 0. The molecule has 4 heteroatoms. The van der Waals surface area contributed by atoms with E-state index in [-0.39, 0.29) is 12.6 Å². The van der Waals surface area contributed by atoms with Gasteiger partial charge in [-0.3, -0.25) is 4.79 Å². The van der Waals surface area contributed by atoms with Crippen LogP contribution in [0.1, 0.15) is 39.0 Å². The van der Waals surface area contributed by atoms with Gasteiger partial charge in [-0.2, -0.15) is 0 Å². The van der Waals surface area contributed by atoms with Crippen molar-refractivity contribution in [1.82, 2.24) is 0 Å². The second-order valence-corrected chi connectivity index (χ2v) is 3.82. The number of hydrogen-bond donors (Lipinski definition) is 0. The molecule has 0 unspecified atom stereocenters. The average molecular weight is 214 g/mol. The largest absolute Gasteiger partial charge is 0.463 e. The molecule has 0 radical (unpaired) electrons. The molecule has 0 aromatic rings. The summed E-state index contributed by atoms with van der Waals surface area (Å²) in [5.74, 6) is -0.299. The van der Waals surface area contributed by atoms with E-state index in [0.717, 1.165) is 12.8 Å². The van der Waals surface area contributed by atoms with Gasteiger partial charge in [-0.1, -0.05) is 12.8 Å². The van der Waals surface area contributed by atoms with E-state index in [1.807, 2.05) is 0 Å². The van der Waals surface area contributed by atoms with Gasteiger partial charge >= 0.3 is 11.9 Å². The molecule has 1 saturated carbocycles. The Labute approximate surface area is 89.9 Å². The lowest BCUT2D eigenvalue weighted by Gasteiger charge is -2.08. The standard InChI is InChI=1S/C11H18O4/c1-2-14-11(13)8-15-10(12)7-9-5-3-4-6-9/h9H,2-8H2,1H3. The van der Waals surface area contributed by atoms with Crippen LogP contribution >= 0.6 is 0 Å². The normalized spacial score (nSPS) is 16.3. The van der Waals surface area contributed by atoms with Crippen LogP contribution < -0.4 is 0 Å². The number of esters is 2. The van der Waals surface area contributed by atoms with Gasteiger partial charge in [-0.25, -0.2) is 4.79 Å². The molecule has 1 aliphatic carbocycles. The molecular weight excluding hydrogens is 196 g/mol.